The second-order valence-corrected chi connectivity index (χ2v) is 6.07. The van der Waals surface area contributed by atoms with Gasteiger partial charge in [-0.2, -0.15) is 0 Å². The molecule has 4 heteroatoms. The van der Waals surface area contributed by atoms with Crippen molar-refractivity contribution in [2.24, 2.45) is 0 Å². The third-order valence-corrected chi connectivity index (χ3v) is 4.63. The molecule has 2 rings (SSSR count). The van der Waals surface area contributed by atoms with Crippen molar-refractivity contribution < 1.29 is 5.11 Å². The maximum Gasteiger partial charge on any atom is 0.0762 e. The Hall–Kier alpha value is -0.770. The first kappa shape index (κ1) is 15.6. The van der Waals surface area contributed by atoms with Crippen molar-refractivity contribution in [2.75, 3.05) is 31.1 Å². The van der Waals surface area contributed by atoms with E-state index in [0.717, 1.165) is 42.5 Å². The summed E-state index contributed by atoms with van der Waals surface area (Å²) in [6.07, 6.45) is 0.730. The van der Waals surface area contributed by atoms with Gasteiger partial charge in [0.15, 0.2) is 0 Å². The maximum absolute atomic E-state index is 9.59. The smallest absolute Gasteiger partial charge is 0.0762 e. The topological polar surface area (TPSA) is 26.7 Å². The van der Waals surface area contributed by atoms with Crippen molar-refractivity contribution >= 4 is 17.3 Å². The van der Waals surface area contributed by atoms with Crippen LogP contribution in [0.25, 0.3) is 0 Å². The molecule has 0 radical (unpaired) electrons. The summed E-state index contributed by atoms with van der Waals surface area (Å²) in [6.45, 7) is 10.5. The summed E-state index contributed by atoms with van der Waals surface area (Å²) in [4.78, 5) is 4.88. The number of aliphatic hydroxyl groups excluding tert-OH is 1. The molecule has 2 unspecified atom stereocenters. The number of piperazine rings is 1. The van der Waals surface area contributed by atoms with Crippen LogP contribution in [0.2, 0.25) is 5.02 Å². The Morgan fingerprint density at radius 3 is 2.35 bits per heavy atom. The Bertz CT molecular complexity index is 442. The first-order valence-corrected chi connectivity index (χ1v) is 7.87. The van der Waals surface area contributed by atoms with Crippen LogP contribution in [0, 0.1) is 0 Å². The Labute approximate surface area is 127 Å². The van der Waals surface area contributed by atoms with Crippen molar-refractivity contribution in [3.05, 3.63) is 28.8 Å². The van der Waals surface area contributed by atoms with E-state index in [2.05, 4.69) is 23.6 Å². The van der Waals surface area contributed by atoms with E-state index in [4.69, 9.17) is 11.6 Å². The average molecular weight is 297 g/mol. The van der Waals surface area contributed by atoms with E-state index in [-0.39, 0.29) is 0 Å². The number of hydrogen-bond acceptors (Lipinski definition) is 3. The quantitative estimate of drug-likeness (QED) is 0.923. The molecule has 1 aromatic carbocycles. The summed E-state index contributed by atoms with van der Waals surface area (Å²) < 4.78 is 0. The molecule has 1 aromatic rings. The van der Waals surface area contributed by atoms with Crippen molar-refractivity contribution in [3.8, 4) is 0 Å². The molecule has 2 atom stereocenters. The zero-order chi connectivity index (χ0) is 14.7. The van der Waals surface area contributed by atoms with E-state index >= 15 is 0 Å². The van der Waals surface area contributed by atoms with Gasteiger partial charge in [-0.1, -0.05) is 24.6 Å². The largest absolute Gasteiger partial charge is 0.389 e. The number of halogens is 1. The zero-order valence-electron chi connectivity index (χ0n) is 12.6. The molecule has 1 saturated heterocycles. The summed E-state index contributed by atoms with van der Waals surface area (Å²) in [6, 6.07) is 6.53. The molecule has 0 saturated carbocycles. The van der Waals surface area contributed by atoms with Crippen molar-refractivity contribution in [3.63, 3.8) is 0 Å². The van der Waals surface area contributed by atoms with Crippen molar-refractivity contribution in [2.45, 2.75) is 39.3 Å². The van der Waals surface area contributed by atoms with Gasteiger partial charge in [0, 0.05) is 32.2 Å². The van der Waals surface area contributed by atoms with Gasteiger partial charge in [0.25, 0.3) is 0 Å². The van der Waals surface area contributed by atoms with Crippen LogP contribution >= 0.6 is 11.6 Å². The monoisotopic (exact) mass is 296 g/mol. The molecule has 0 spiro atoms. The lowest BCUT2D eigenvalue weighted by atomic mass is 10.1. The van der Waals surface area contributed by atoms with Gasteiger partial charge < -0.3 is 10.0 Å². The Kier molecular flexibility index (Phi) is 5.30. The van der Waals surface area contributed by atoms with Crippen LogP contribution in [0.15, 0.2) is 18.2 Å². The van der Waals surface area contributed by atoms with Gasteiger partial charge in [-0.25, -0.2) is 0 Å². The molecule has 0 bridgehead atoms. The number of anilines is 1. The standard InChI is InChI=1S/C16H25ClN2O/c1-4-12(2)18-7-9-19(10-8-18)16-6-5-14(13(3)20)11-15(16)17/h5-6,11-13,20H,4,7-10H2,1-3H3. The van der Waals surface area contributed by atoms with Crippen molar-refractivity contribution in [1.29, 1.82) is 0 Å². The minimum Gasteiger partial charge on any atom is -0.389 e. The molecule has 20 heavy (non-hydrogen) atoms. The highest BCUT2D eigenvalue weighted by Crippen LogP contribution is 2.30. The molecule has 1 N–H and O–H groups in total. The van der Waals surface area contributed by atoms with Crippen LogP contribution in [-0.4, -0.2) is 42.2 Å². The van der Waals surface area contributed by atoms with Crippen LogP contribution in [0.4, 0.5) is 5.69 Å². The predicted molar refractivity (Wildman–Crippen MR) is 85.6 cm³/mol. The van der Waals surface area contributed by atoms with Crippen LogP contribution in [-0.2, 0) is 0 Å². The lowest BCUT2D eigenvalue weighted by Gasteiger charge is -2.39. The van der Waals surface area contributed by atoms with Gasteiger partial charge in [0.1, 0.15) is 0 Å². The van der Waals surface area contributed by atoms with Gasteiger partial charge in [-0.3, -0.25) is 4.90 Å². The van der Waals surface area contributed by atoms with E-state index in [0.29, 0.717) is 6.04 Å². The van der Waals surface area contributed by atoms with E-state index in [9.17, 15) is 5.11 Å². The fourth-order valence-corrected chi connectivity index (χ4v) is 3.01. The molecule has 112 valence electrons. The molecule has 3 nitrogen and oxygen atoms in total. The van der Waals surface area contributed by atoms with Gasteiger partial charge in [0.05, 0.1) is 16.8 Å². The minimum absolute atomic E-state index is 0.469. The summed E-state index contributed by atoms with van der Waals surface area (Å²) in [5.41, 5.74) is 1.96. The fraction of sp³-hybridized carbons (Fsp3) is 0.625. The second kappa shape index (κ2) is 6.79. The highest BCUT2D eigenvalue weighted by molar-refractivity contribution is 6.33. The van der Waals surface area contributed by atoms with Gasteiger partial charge in [-0.05, 0) is 38.0 Å². The van der Waals surface area contributed by atoms with E-state index in [1.54, 1.807) is 6.92 Å². The zero-order valence-corrected chi connectivity index (χ0v) is 13.4. The number of aliphatic hydroxyl groups is 1. The first-order chi connectivity index (χ1) is 9.52. The average Bonchev–Trinajstić information content (AvgIpc) is 2.46. The van der Waals surface area contributed by atoms with Crippen LogP contribution in [0.1, 0.15) is 38.9 Å². The Morgan fingerprint density at radius 2 is 1.85 bits per heavy atom. The molecular formula is C16H25ClN2O. The summed E-state index contributed by atoms with van der Waals surface area (Å²) in [5.74, 6) is 0. The first-order valence-electron chi connectivity index (χ1n) is 7.49. The van der Waals surface area contributed by atoms with Crippen LogP contribution < -0.4 is 4.90 Å². The predicted octanol–water partition coefficient (Wildman–Crippen LogP) is 3.31. The normalized spacial score (nSPS) is 19.9. The van der Waals surface area contributed by atoms with Gasteiger partial charge >= 0.3 is 0 Å². The Balaban J connectivity index is 2.04. The fourth-order valence-electron chi connectivity index (χ4n) is 2.70. The maximum atomic E-state index is 9.59. The highest BCUT2D eigenvalue weighted by Gasteiger charge is 2.21. The molecular weight excluding hydrogens is 272 g/mol. The molecule has 1 aliphatic rings. The number of benzene rings is 1. The minimum atomic E-state index is -0.469. The van der Waals surface area contributed by atoms with Crippen molar-refractivity contribution in [1.82, 2.24) is 4.90 Å². The van der Waals surface area contributed by atoms with Crippen LogP contribution in [0.5, 0.6) is 0 Å². The number of nitrogens with zero attached hydrogens (tertiary/aromatic N) is 2. The number of rotatable bonds is 4. The van der Waals surface area contributed by atoms with E-state index in [1.807, 2.05) is 18.2 Å². The SMILES string of the molecule is CCC(C)N1CCN(c2ccc(C(C)O)cc2Cl)CC1. The van der Waals surface area contributed by atoms with Gasteiger partial charge in [0.2, 0.25) is 0 Å². The number of hydrogen-bond donors (Lipinski definition) is 1. The summed E-state index contributed by atoms with van der Waals surface area (Å²) in [7, 11) is 0. The molecule has 1 heterocycles. The second-order valence-electron chi connectivity index (χ2n) is 5.67. The molecule has 0 amide bonds. The molecule has 1 aliphatic heterocycles. The lowest BCUT2D eigenvalue weighted by molar-refractivity contribution is 0.192. The lowest BCUT2D eigenvalue weighted by Crippen LogP contribution is -2.49. The van der Waals surface area contributed by atoms with Crippen LogP contribution in [0.3, 0.4) is 0 Å². The third-order valence-electron chi connectivity index (χ3n) is 4.32. The summed E-state index contributed by atoms with van der Waals surface area (Å²) >= 11 is 6.37. The Morgan fingerprint density at radius 1 is 1.20 bits per heavy atom. The molecule has 0 aliphatic carbocycles. The summed E-state index contributed by atoms with van der Waals surface area (Å²) in [5, 5.41) is 10.3. The van der Waals surface area contributed by atoms with E-state index < -0.39 is 6.10 Å². The van der Waals surface area contributed by atoms with E-state index in [1.165, 1.54) is 6.42 Å². The third kappa shape index (κ3) is 3.46. The molecule has 0 aromatic heterocycles. The van der Waals surface area contributed by atoms with Gasteiger partial charge in [-0.15, -0.1) is 0 Å². The highest BCUT2D eigenvalue weighted by atomic mass is 35.5. The molecule has 1 fully saturated rings.